The Bertz CT molecular complexity index is 151. The first-order valence-electron chi connectivity index (χ1n) is 3.22. The fourth-order valence-corrected chi connectivity index (χ4v) is 2.03. The first kappa shape index (κ1) is 5.62. The van der Waals surface area contributed by atoms with E-state index in [4.69, 9.17) is 5.84 Å². The van der Waals surface area contributed by atoms with Crippen LogP contribution in [-0.2, 0) is 0 Å². The lowest BCUT2D eigenvalue weighted by molar-refractivity contribution is 0.472. The van der Waals surface area contributed by atoms with E-state index in [9.17, 15) is 0 Å². The number of hydrogen-bond acceptors (Lipinski definition) is 3. The molecule has 50 valence electrons. The smallest absolute Gasteiger partial charge is 0.0833 e. The molecule has 0 amide bonds. The van der Waals surface area contributed by atoms with E-state index < -0.39 is 0 Å². The predicted octanol–water partition coefficient (Wildman–Crippen LogP) is 1.12. The molecule has 1 saturated carbocycles. The maximum absolute atomic E-state index is 5.53. The fourth-order valence-electron chi connectivity index (χ4n) is 0.978. The molecule has 0 aromatic heterocycles. The van der Waals surface area contributed by atoms with E-state index in [1.165, 1.54) is 17.7 Å². The summed E-state index contributed by atoms with van der Waals surface area (Å²) in [4.78, 5) is 1.50. The van der Waals surface area contributed by atoms with E-state index in [1.807, 2.05) is 11.8 Å². The summed E-state index contributed by atoms with van der Waals surface area (Å²) >= 11 is 1.88. The number of nitrogens with two attached hydrogens (primary N) is 1. The summed E-state index contributed by atoms with van der Waals surface area (Å²) in [6.07, 6.45) is 4.84. The van der Waals surface area contributed by atoms with Gasteiger partial charge in [-0.2, -0.15) is 0 Å². The lowest BCUT2D eigenvalue weighted by Gasteiger charge is -2.01. The molecule has 1 fully saturated rings. The van der Waals surface area contributed by atoms with Crippen LogP contribution in [0.15, 0.2) is 11.1 Å². The molecule has 2 nitrogen and oxygen atoms in total. The van der Waals surface area contributed by atoms with Crippen LogP contribution in [0.1, 0.15) is 12.8 Å². The molecule has 9 heavy (non-hydrogen) atoms. The van der Waals surface area contributed by atoms with Crippen LogP contribution in [0.4, 0.5) is 0 Å². The highest BCUT2D eigenvalue weighted by atomic mass is 32.2. The third kappa shape index (κ3) is 1.07. The van der Waals surface area contributed by atoms with Crippen molar-refractivity contribution in [3.8, 4) is 0 Å². The van der Waals surface area contributed by atoms with Crippen LogP contribution in [0, 0.1) is 5.92 Å². The zero-order valence-corrected chi connectivity index (χ0v) is 6.03. The average molecular weight is 142 g/mol. The van der Waals surface area contributed by atoms with Crippen molar-refractivity contribution < 1.29 is 0 Å². The number of allylic oxidation sites excluding steroid dienone is 1. The van der Waals surface area contributed by atoms with Gasteiger partial charge in [0.1, 0.15) is 0 Å². The van der Waals surface area contributed by atoms with Gasteiger partial charge >= 0.3 is 0 Å². The van der Waals surface area contributed by atoms with Gasteiger partial charge in [-0.1, -0.05) is 0 Å². The minimum absolute atomic E-state index is 0.878. The Labute approximate surface area is 59.1 Å². The lowest BCUT2D eigenvalue weighted by atomic mass is 10.4. The van der Waals surface area contributed by atoms with E-state index in [0.29, 0.717) is 0 Å². The van der Waals surface area contributed by atoms with Crippen LogP contribution in [0.2, 0.25) is 0 Å². The van der Waals surface area contributed by atoms with E-state index in [0.717, 1.165) is 11.8 Å². The molecule has 2 N–H and O–H groups in total. The van der Waals surface area contributed by atoms with Crippen LogP contribution in [0.25, 0.3) is 0 Å². The van der Waals surface area contributed by atoms with Crippen LogP contribution >= 0.6 is 11.8 Å². The van der Waals surface area contributed by atoms with Gasteiger partial charge in [0.2, 0.25) is 0 Å². The van der Waals surface area contributed by atoms with E-state index in [2.05, 4.69) is 6.20 Å². The van der Waals surface area contributed by atoms with Gasteiger partial charge in [-0.05, 0) is 18.8 Å². The minimum atomic E-state index is 0.878. The average Bonchev–Trinajstić information content (AvgIpc) is 2.58. The molecule has 0 saturated heterocycles. The number of rotatable bonds is 1. The topological polar surface area (TPSA) is 29.3 Å². The molecule has 1 aliphatic carbocycles. The maximum Gasteiger partial charge on any atom is 0.0833 e. The number of hydrazine groups is 1. The lowest BCUT2D eigenvalue weighted by Crippen LogP contribution is -2.20. The Morgan fingerprint density at radius 2 is 2.44 bits per heavy atom. The van der Waals surface area contributed by atoms with Crippen molar-refractivity contribution >= 4 is 11.8 Å². The molecule has 0 bridgehead atoms. The van der Waals surface area contributed by atoms with Gasteiger partial charge in [-0.15, -0.1) is 11.8 Å². The second kappa shape index (κ2) is 1.92. The van der Waals surface area contributed by atoms with Gasteiger partial charge in [0, 0.05) is 11.1 Å². The van der Waals surface area contributed by atoms with Gasteiger partial charge in [-0.3, -0.25) is 0 Å². The summed E-state index contributed by atoms with van der Waals surface area (Å²) in [7, 11) is 0. The normalized spacial score (nSPS) is 26.8. The van der Waals surface area contributed by atoms with Crippen molar-refractivity contribution in [2.24, 2.45) is 11.8 Å². The highest BCUT2D eigenvalue weighted by Crippen LogP contribution is 2.44. The van der Waals surface area contributed by atoms with Crippen LogP contribution in [-0.4, -0.2) is 10.9 Å². The molecule has 1 aliphatic heterocycles. The largest absolute Gasteiger partial charge is 0.307 e. The first-order valence-corrected chi connectivity index (χ1v) is 4.20. The Hall–Kier alpha value is -0.150. The van der Waals surface area contributed by atoms with Gasteiger partial charge in [0.15, 0.2) is 0 Å². The number of nitrogens with zero attached hydrogens (tertiary/aromatic N) is 1. The molecule has 2 rings (SSSR count). The Morgan fingerprint density at radius 1 is 1.67 bits per heavy atom. The summed E-state index contributed by atoms with van der Waals surface area (Å²) in [5.74, 6) is 7.36. The molecular weight excluding hydrogens is 132 g/mol. The minimum Gasteiger partial charge on any atom is -0.307 e. The molecular formula is C6H10N2S. The van der Waals surface area contributed by atoms with Crippen LogP contribution < -0.4 is 5.84 Å². The molecule has 1 heterocycles. The summed E-state index contributed by atoms with van der Waals surface area (Å²) in [6, 6.07) is 0. The summed E-state index contributed by atoms with van der Waals surface area (Å²) in [5, 5.41) is 1.76. The van der Waals surface area contributed by atoms with Crippen molar-refractivity contribution in [3.05, 3.63) is 11.1 Å². The van der Waals surface area contributed by atoms with Crippen molar-refractivity contribution in [1.29, 1.82) is 0 Å². The number of hydrogen-bond donors (Lipinski definition) is 1. The molecule has 2 aliphatic rings. The fraction of sp³-hybridized carbons (Fsp3) is 0.667. The summed E-state index contributed by atoms with van der Waals surface area (Å²) in [6.45, 7) is 0. The first-order chi connectivity index (χ1) is 4.36. The van der Waals surface area contributed by atoms with Crippen molar-refractivity contribution in [1.82, 2.24) is 5.01 Å². The zero-order valence-electron chi connectivity index (χ0n) is 5.21. The van der Waals surface area contributed by atoms with E-state index in [1.54, 1.807) is 5.01 Å². The SMILES string of the molecule is NN1C=C(C2CC2)SC1. The van der Waals surface area contributed by atoms with Crippen molar-refractivity contribution in [3.63, 3.8) is 0 Å². The Balaban J connectivity index is 2.03. The van der Waals surface area contributed by atoms with Crippen molar-refractivity contribution in [2.75, 3.05) is 5.88 Å². The summed E-state index contributed by atoms with van der Waals surface area (Å²) in [5.41, 5.74) is 0. The zero-order chi connectivity index (χ0) is 6.27. The van der Waals surface area contributed by atoms with Crippen LogP contribution in [0.5, 0.6) is 0 Å². The predicted molar refractivity (Wildman–Crippen MR) is 39.3 cm³/mol. The highest BCUT2D eigenvalue weighted by molar-refractivity contribution is 8.03. The molecule has 0 spiro atoms. The molecule has 0 radical (unpaired) electrons. The second-order valence-electron chi connectivity index (χ2n) is 2.59. The standard InChI is InChI=1S/C6H10N2S/c7-8-3-6(9-4-8)5-1-2-5/h3,5H,1-2,4,7H2. The quantitative estimate of drug-likeness (QED) is 0.556. The van der Waals surface area contributed by atoms with Crippen LogP contribution in [0.3, 0.4) is 0 Å². The molecule has 0 atom stereocenters. The van der Waals surface area contributed by atoms with Gasteiger partial charge in [-0.25, -0.2) is 5.84 Å². The Morgan fingerprint density at radius 3 is 2.89 bits per heavy atom. The third-order valence-electron chi connectivity index (χ3n) is 1.65. The monoisotopic (exact) mass is 142 g/mol. The second-order valence-corrected chi connectivity index (χ2v) is 3.61. The summed E-state index contributed by atoms with van der Waals surface area (Å²) < 4.78 is 0. The van der Waals surface area contributed by atoms with Gasteiger partial charge < -0.3 is 5.01 Å². The van der Waals surface area contributed by atoms with Gasteiger partial charge in [0.25, 0.3) is 0 Å². The third-order valence-corrected chi connectivity index (χ3v) is 2.85. The molecule has 0 aromatic rings. The molecule has 0 unspecified atom stereocenters. The Kier molecular flexibility index (Phi) is 1.20. The van der Waals surface area contributed by atoms with Crippen molar-refractivity contribution in [2.45, 2.75) is 12.8 Å². The van der Waals surface area contributed by atoms with E-state index >= 15 is 0 Å². The van der Waals surface area contributed by atoms with E-state index in [-0.39, 0.29) is 0 Å². The number of thioether (sulfide) groups is 1. The maximum atomic E-state index is 5.53. The van der Waals surface area contributed by atoms with Gasteiger partial charge in [0.05, 0.1) is 5.88 Å². The molecule has 3 heteroatoms. The highest BCUT2D eigenvalue weighted by Gasteiger charge is 2.28. The molecule has 0 aromatic carbocycles.